The van der Waals surface area contributed by atoms with Crippen molar-refractivity contribution in [3.8, 4) is 12.1 Å². The Labute approximate surface area is 176 Å². The Balaban J connectivity index is 2.83. The largest absolute Gasteiger partial charge is 0.380 e. The molecule has 0 radical (unpaired) electrons. The fourth-order valence-electron chi connectivity index (χ4n) is 2.49. The highest BCUT2D eigenvalue weighted by molar-refractivity contribution is 7.10. The van der Waals surface area contributed by atoms with Gasteiger partial charge in [-0.1, -0.05) is 47.6 Å². The molecule has 0 saturated heterocycles. The van der Waals surface area contributed by atoms with Crippen LogP contribution in [-0.2, 0) is 14.3 Å². The molecule has 0 N–H and O–H groups in total. The van der Waals surface area contributed by atoms with Crippen molar-refractivity contribution in [3.05, 3.63) is 33.8 Å². The van der Waals surface area contributed by atoms with Crippen LogP contribution < -0.4 is 0 Å². The fourth-order valence-corrected chi connectivity index (χ4v) is 3.04. The molecular weight excluding hydrogens is 386 g/mol. The third kappa shape index (κ3) is 7.38. The zero-order valence-electron chi connectivity index (χ0n) is 17.8. The summed E-state index contributed by atoms with van der Waals surface area (Å²) in [6.07, 6.45) is 4.75. The van der Waals surface area contributed by atoms with Crippen LogP contribution in [-0.4, -0.2) is 29.8 Å². The van der Waals surface area contributed by atoms with Gasteiger partial charge in [-0.25, -0.2) is 0 Å². The molecule has 1 aromatic heterocycles. The van der Waals surface area contributed by atoms with E-state index in [4.69, 9.17) is 4.74 Å². The molecular formula is C22H27N3O3S. The quantitative estimate of drug-likeness (QED) is 0.417. The van der Waals surface area contributed by atoms with Crippen molar-refractivity contribution in [2.75, 3.05) is 13.2 Å². The Morgan fingerprint density at radius 3 is 2.28 bits per heavy atom. The van der Waals surface area contributed by atoms with Crippen molar-refractivity contribution >= 4 is 29.0 Å². The van der Waals surface area contributed by atoms with Gasteiger partial charge in [-0.2, -0.15) is 10.5 Å². The molecule has 0 bridgehead atoms. The summed E-state index contributed by atoms with van der Waals surface area (Å²) in [6.45, 7) is 11.0. The van der Waals surface area contributed by atoms with Crippen molar-refractivity contribution < 1.29 is 14.3 Å². The van der Waals surface area contributed by atoms with E-state index in [0.29, 0.717) is 0 Å². The number of nitriles is 2. The van der Waals surface area contributed by atoms with E-state index in [0.717, 1.165) is 4.88 Å². The van der Waals surface area contributed by atoms with E-state index < -0.39 is 10.8 Å². The molecule has 0 aromatic carbocycles. The summed E-state index contributed by atoms with van der Waals surface area (Å²) >= 11 is 1.35. The molecule has 29 heavy (non-hydrogen) atoms. The van der Waals surface area contributed by atoms with Gasteiger partial charge in [0.2, 0.25) is 0 Å². The van der Waals surface area contributed by atoms with Crippen LogP contribution in [0.15, 0.2) is 28.9 Å². The predicted octanol–water partition coefficient (Wildman–Crippen LogP) is 4.36. The average molecular weight is 414 g/mol. The molecule has 7 heteroatoms. The molecule has 1 rings (SSSR count). The van der Waals surface area contributed by atoms with Gasteiger partial charge in [0.15, 0.2) is 11.6 Å². The van der Waals surface area contributed by atoms with E-state index in [1.807, 2.05) is 26.0 Å². The van der Waals surface area contributed by atoms with Gasteiger partial charge in [-0.15, -0.1) is 11.3 Å². The molecule has 0 aliphatic heterocycles. The Morgan fingerprint density at radius 2 is 1.79 bits per heavy atom. The Morgan fingerprint density at radius 1 is 1.17 bits per heavy atom. The summed E-state index contributed by atoms with van der Waals surface area (Å²) in [7, 11) is 0. The minimum Gasteiger partial charge on any atom is -0.380 e. The van der Waals surface area contributed by atoms with Crippen molar-refractivity contribution in [2.24, 2.45) is 16.7 Å². The van der Waals surface area contributed by atoms with Gasteiger partial charge in [0.05, 0.1) is 35.3 Å². The number of Topliss-reactive ketones (excluding diaryl/α,β-unsaturated/α-hetero) is 2. The van der Waals surface area contributed by atoms with Gasteiger partial charge < -0.3 is 4.74 Å². The molecule has 6 nitrogen and oxygen atoms in total. The predicted molar refractivity (Wildman–Crippen MR) is 113 cm³/mol. The summed E-state index contributed by atoms with van der Waals surface area (Å²) in [4.78, 5) is 29.5. The van der Waals surface area contributed by atoms with E-state index in [9.17, 15) is 20.1 Å². The zero-order valence-corrected chi connectivity index (χ0v) is 18.6. The highest BCUT2D eigenvalue weighted by Gasteiger charge is 2.32. The Hall–Kier alpha value is -2.61. The van der Waals surface area contributed by atoms with E-state index in [1.54, 1.807) is 45.5 Å². The number of allylic oxidation sites excluding steroid dienone is 2. The first-order chi connectivity index (χ1) is 13.4. The molecule has 154 valence electrons. The molecule has 0 saturated carbocycles. The Bertz CT molecular complexity index is 879. The Kier molecular flexibility index (Phi) is 8.63. The number of aromatic nitrogens is 1. The molecule has 0 unspecified atom stereocenters. The first kappa shape index (κ1) is 24.4. The molecule has 0 spiro atoms. The van der Waals surface area contributed by atoms with Gasteiger partial charge in [-0.05, 0) is 6.08 Å². The fraction of sp³-hybridized carbons (Fsp3) is 0.500. The lowest BCUT2D eigenvalue weighted by molar-refractivity contribution is -0.126. The van der Waals surface area contributed by atoms with Crippen LogP contribution in [0.25, 0.3) is 6.08 Å². The number of hydrogen-bond donors (Lipinski definition) is 0. The van der Waals surface area contributed by atoms with Crippen LogP contribution in [0.3, 0.4) is 0 Å². The second-order valence-electron chi connectivity index (χ2n) is 8.46. The number of ether oxygens (including phenoxy) is 1. The number of rotatable bonds is 10. The molecule has 0 aliphatic carbocycles. The van der Waals surface area contributed by atoms with Gasteiger partial charge in [0, 0.05) is 22.4 Å². The van der Waals surface area contributed by atoms with Crippen molar-refractivity contribution in [2.45, 2.75) is 41.5 Å². The summed E-state index contributed by atoms with van der Waals surface area (Å²) in [6, 6.07) is 3.92. The van der Waals surface area contributed by atoms with Crippen LogP contribution in [0.2, 0.25) is 0 Å². The van der Waals surface area contributed by atoms with Crippen LogP contribution in [0.5, 0.6) is 0 Å². The first-order valence-corrected chi connectivity index (χ1v) is 10.1. The molecule has 0 amide bonds. The van der Waals surface area contributed by atoms with E-state index >= 15 is 0 Å². The molecule has 1 aromatic rings. The summed E-state index contributed by atoms with van der Waals surface area (Å²) in [5.74, 6) is -0.777. The number of carbonyl (C=O) groups is 2. The third-order valence-electron chi connectivity index (χ3n) is 4.10. The minimum absolute atomic E-state index is 0.0521. The second-order valence-corrected chi connectivity index (χ2v) is 9.37. The monoisotopic (exact) mass is 413 g/mol. The lowest BCUT2D eigenvalue weighted by Crippen LogP contribution is -2.32. The standard InChI is InChI=1S/C22H27N3O3S/c1-15(2)19(26)17(10-24)8-21(3,4)12-28-13-22(5,6)20(27)16(9-23)7-18-11-25-14-29-18/h7-8,11,14-15H,12-13H2,1-6H3/b16-7+,17-8+. The maximum Gasteiger partial charge on any atom is 0.181 e. The van der Waals surface area contributed by atoms with Crippen LogP contribution in [0.1, 0.15) is 46.4 Å². The summed E-state index contributed by atoms with van der Waals surface area (Å²) < 4.78 is 5.77. The van der Waals surface area contributed by atoms with Gasteiger partial charge in [0.25, 0.3) is 0 Å². The number of hydrogen-bond acceptors (Lipinski definition) is 7. The molecule has 0 atom stereocenters. The van der Waals surface area contributed by atoms with Crippen molar-refractivity contribution in [1.29, 1.82) is 10.5 Å². The summed E-state index contributed by atoms with van der Waals surface area (Å²) in [5.41, 5.74) is 0.331. The number of carbonyl (C=O) groups excluding carboxylic acids is 2. The lowest BCUT2D eigenvalue weighted by Gasteiger charge is -2.26. The number of thiazole rings is 1. The number of nitrogens with zero attached hydrogens (tertiary/aromatic N) is 3. The van der Waals surface area contributed by atoms with Gasteiger partial charge >= 0.3 is 0 Å². The maximum absolute atomic E-state index is 12.8. The highest BCUT2D eigenvalue weighted by atomic mass is 32.1. The van der Waals surface area contributed by atoms with E-state index in [2.05, 4.69) is 4.98 Å². The zero-order chi connectivity index (χ0) is 22.2. The average Bonchev–Trinajstić information content (AvgIpc) is 3.15. The second kappa shape index (κ2) is 10.2. The molecule has 0 fully saturated rings. The van der Waals surface area contributed by atoms with Crippen molar-refractivity contribution in [3.63, 3.8) is 0 Å². The van der Waals surface area contributed by atoms with Crippen LogP contribution >= 0.6 is 11.3 Å². The van der Waals surface area contributed by atoms with E-state index in [1.165, 1.54) is 17.4 Å². The smallest absolute Gasteiger partial charge is 0.181 e. The van der Waals surface area contributed by atoms with Crippen molar-refractivity contribution in [1.82, 2.24) is 4.98 Å². The molecule has 0 aliphatic rings. The minimum atomic E-state index is -0.905. The van der Waals surface area contributed by atoms with Crippen LogP contribution in [0, 0.1) is 39.4 Å². The highest BCUT2D eigenvalue weighted by Crippen LogP contribution is 2.26. The third-order valence-corrected chi connectivity index (χ3v) is 4.82. The van der Waals surface area contributed by atoms with Gasteiger partial charge in [-0.3, -0.25) is 14.6 Å². The first-order valence-electron chi connectivity index (χ1n) is 9.23. The van der Waals surface area contributed by atoms with E-state index in [-0.39, 0.29) is 41.8 Å². The normalized spacial score (nSPS) is 13.1. The summed E-state index contributed by atoms with van der Waals surface area (Å²) in [5, 5.41) is 18.6. The molecule has 1 heterocycles. The number of ketones is 2. The topological polar surface area (TPSA) is 104 Å². The lowest BCUT2D eigenvalue weighted by atomic mass is 9.84. The SMILES string of the molecule is CC(C)C(=O)/C(C#N)=C/C(C)(C)COCC(C)(C)C(=O)/C(C#N)=C/c1cncs1. The maximum atomic E-state index is 12.8. The van der Waals surface area contributed by atoms with Gasteiger partial charge in [0.1, 0.15) is 12.1 Å². The van der Waals surface area contributed by atoms with Crippen LogP contribution in [0.4, 0.5) is 0 Å².